The average Bonchev–Trinajstić information content (AvgIpc) is 3.14. The van der Waals surface area contributed by atoms with Gasteiger partial charge in [-0.1, -0.05) is 25.3 Å². The molecule has 1 saturated heterocycles. The summed E-state index contributed by atoms with van der Waals surface area (Å²) in [6, 6.07) is 0. The Morgan fingerprint density at radius 2 is 2.23 bits per heavy atom. The number of hydrogen-bond donors (Lipinski definition) is 2. The van der Waals surface area contributed by atoms with E-state index in [1.807, 2.05) is 0 Å². The zero-order chi connectivity index (χ0) is 15.8. The van der Waals surface area contributed by atoms with Crippen molar-refractivity contribution < 1.29 is 4.74 Å². The number of nitrogens with one attached hydrogen (secondary N) is 2. The lowest BCUT2D eigenvalue weighted by Crippen LogP contribution is -2.37. The van der Waals surface area contributed by atoms with Crippen molar-refractivity contribution in [2.75, 3.05) is 13.2 Å². The first-order chi connectivity index (χ1) is 10.7. The Balaban J connectivity index is 1.76. The van der Waals surface area contributed by atoms with Gasteiger partial charge in [-0.25, -0.2) is 0 Å². The molecular formula is C17H29N3OS. The van der Waals surface area contributed by atoms with Gasteiger partial charge in [-0.15, -0.1) is 0 Å². The minimum Gasteiger partial charge on any atom is -0.376 e. The molecule has 2 N–H and O–H groups in total. The van der Waals surface area contributed by atoms with Crippen LogP contribution in [0.2, 0.25) is 0 Å². The van der Waals surface area contributed by atoms with Crippen molar-refractivity contribution in [3.8, 4) is 0 Å². The maximum Gasteiger partial charge on any atom is 0.187 e. The lowest BCUT2D eigenvalue weighted by Gasteiger charge is -2.12. The Bertz CT molecular complexity index is 439. The van der Waals surface area contributed by atoms with Gasteiger partial charge in [0.15, 0.2) is 5.11 Å². The van der Waals surface area contributed by atoms with Crippen molar-refractivity contribution >= 4 is 23.0 Å². The molecule has 0 aromatic carbocycles. The van der Waals surface area contributed by atoms with Crippen LogP contribution in [0, 0.1) is 0 Å². The van der Waals surface area contributed by atoms with Gasteiger partial charge < -0.3 is 10.1 Å². The summed E-state index contributed by atoms with van der Waals surface area (Å²) >= 11 is 5.30. The largest absolute Gasteiger partial charge is 0.376 e. The standard InChI is InChI=1S/C17H29N3OS/c1-3-4-5-8-15-13(2)9-10-16(15)19-20-17(22)18-12-14-7-6-11-21-14/h14H,3-12H2,1-2H3,(H2,18,20,22)/b19-16-/t14-/m1/s1. The SMILES string of the molecule is CCCCCC1=C(C)CC/C1=N/NC(=S)NC[C@H]1CCCO1. The molecule has 22 heavy (non-hydrogen) atoms. The fourth-order valence-electron chi connectivity index (χ4n) is 3.06. The van der Waals surface area contributed by atoms with Gasteiger partial charge in [0.25, 0.3) is 0 Å². The van der Waals surface area contributed by atoms with Crippen molar-refractivity contribution in [1.82, 2.24) is 10.7 Å². The molecule has 2 rings (SSSR count). The van der Waals surface area contributed by atoms with E-state index in [2.05, 4.69) is 29.7 Å². The van der Waals surface area contributed by atoms with E-state index in [0.717, 1.165) is 45.3 Å². The minimum atomic E-state index is 0.297. The predicted molar refractivity (Wildman–Crippen MR) is 96.2 cm³/mol. The number of ether oxygens (including phenoxy) is 1. The topological polar surface area (TPSA) is 45.7 Å². The summed E-state index contributed by atoms with van der Waals surface area (Å²) in [6.45, 7) is 6.12. The van der Waals surface area contributed by atoms with Crippen LogP contribution in [0.5, 0.6) is 0 Å². The molecule has 5 heteroatoms. The molecule has 124 valence electrons. The first kappa shape index (κ1) is 17.4. The average molecular weight is 324 g/mol. The van der Waals surface area contributed by atoms with Crippen LogP contribution in [0.15, 0.2) is 16.2 Å². The highest BCUT2D eigenvalue weighted by Gasteiger charge is 2.18. The van der Waals surface area contributed by atoms with Gasteiger partial charge in [0.05, 0.1) is 11.8 Å². The normalized spacial score (nSPS) is 23.4. The molecular weight excluding hydrogens is 294 g/mol. The fourth-order valence-corrected chi connectivity index (χ4v) is 3.19. The third-order valence-corrected chi connectivity index (χ3v) is 4.67. The lowest BCUT2D eigenvalue weighted by molar-refractivity contribution is 0.114. The number of unbranched alkanes of at least 4 members (excludes halogenated alkanes) is 2. The molecule has 0 saturated carbocycles. The van der Waals surface area contributed by atoms with Crippen LogP contribution in [0.25, 0.3) is 0 Å². The maximum absolute atomic E-state index is 5.57. The van der Waals surface area contributed by atoms with Crippen molar-refractivity contribution in [2.24, 2.45) is 5.10 Å². The number of rotatable bonds is 7. The third kappa shape index (κ3) is 5.36. The van der Waals surface area contributed by atoms with E-state index < -0.39 is 0 Å². The third-order valence-electron chi connectivity index (χ3n) is 4.44. The van der Waals surface area contributed by atoms with Crippen LogP contribution in [0.3, 0.4) is 0 Å². The van der Waals surface area contributed by atoms with E-state index in [0.29, 0.717) is 11.2 Å². The summed E-state index contributed by atoms with van der Waals surface area (Å²) in [4.78, 5) is 0. The van der Waals surface area contributed by atoms with Crippen LogP contribution >= 0.6 is 12.2 Å². The summed E-state index contributed by atoms with van der Waals surface area (Å²) in [5.41, 5.74) is 7.14. The van der Waals surface area contributed by atoms with Crippen LogP contribution in [-0.4, -0.2) is 30.1 Å². The van der Waals surface area contributed by atoms with Gasteiger partial charge in [-0.05, 0) is 63.2 Å². The smallest absolute Gasteiger partial charge is 0.187 e. The van der Waals surface area contributed by atoms with E-state index >= 15 is 0 Å². The summed E-state index contributed by atoms with van der Waals surface area (Å²) in [5, 5.41) is 8.34. The highest BCUT2D eigenvalue weighted by atomic mass is 32.1. The molecule has 2 aliphatic rings. The highest BCUT2D eigenvalue weighted by molar-refractivity contribution is 7.80. The molecule has 4 nitrogen and oxygen atoms in total. The van der Waals surface area contributed by atoms with E-state index in [-0.39, 0.29) is 0 Å². The second-order valence-corrected chi connectivity index (χ2v) is 6.64. The monoisotopic (exact) mass is 323 g/mol. The number of nitrogens with zero attached hydrogens (tertiary/aromatic N) is 1. The van der Waals surface area contributed by atoms with Crippen molar-refractivity contribution in [3.05, 3.63) is 11.1 Å². The molecule has 0 amide bonds. The molecule has 0 bridgehead atoms. The summed E-state index contributed by atoms with van der Waals surface area (Å²) in [7, 11) is 0. The van der Waals surface area contributed by atoms with Crippen LogP contribution in [0.4, 0.5) is 0 Å². The Hall–Kier alpha value is -0.940. The molecule has 1 aliphatic carbocycles. The number of thiocarbonyl (C=S) groups is 1. The van der Waals surface area contributed by atoms with Crippen LogP contribution in [0.1, 0.15) is 65.2 Å². The predicted octanol–water partition coefficient (Wildman–Crippen LogP) is 3.68. The van der Waals surface area contributed by atoms with Crippen molar-refractivity contribution in [1.29, 1.82) is 0 Å². The number of hydrazone groups is 1. The fraction of sp³-hybridized carbons (Fsp3) is 0.765. The minimum absolute atomic E-state index is 0.297. The summed E-state index contributed by atoms with van der Waals surface area (Å²) in [6.07, 6.45) is 9.69. The van der Waals surface area contributed by atoms with Gasteiger partial charge in [0, 0.05) is 13.2 Å². The van der Waals surface area contributed by atoms with Gasteiger partial charge in [-0.2, -0.15) is 5.10 Å². The molecule has 0 radical (unpaired) electrons. The van der Waals surface area contributed by atoms with Crippen LogP contribution in [-0.2, 0) is 4.74 Å². The Kier molecular flexibility index (Phi) is 7.33. The first-order valence-corrected chi connectivity index (χ1v) is 9.02. The summed E-state index contributed by atoms with van der Waals surface area (Å²) in [5.74, 6) is 0. The van der Waals surface area contributed by atoms with E-state index in [1.165, 1.54) is 36.1 Å². The molecule has 1 heterocycles. The highest BCUT2D eigenvalue weighted by Crippen LogP contribution is 2.27. The van der Waals surface area contributed by atoms with E-state index in [4.69, 9.17) is 17.0 Å². The first-order valence-electron chi connectivity index (χ1n) is 8.61. The molecule has 1 fully saturated rings. The quantitative estimate of drug-likeness (QED) is 0.426. The molecule has 0 aromatic heterocycles. The summed E-state index contributed by atoms with van der Waals surface area (Å²) < 4.78 is 5.57. The molecule has 1 aliphatic heterocycles. The van der Waals surface area contributed by atoms with Crippen molar-refractivity contribution in [2.45, 2.75) is 71.3 Å². The molecule has 1 atom stereocenters. The zero-order valence-electron chi connectivity index (χ0n) is 13.9. The Morgan fingerprint density at radius 1 is 1.36 bits per heavy atom. The lowest BCUT2D eigenvalue weighted by atomic mass is 10.0. The van der Waals surface area contributed by atoms with Gasteiger partial charge in [0.2, 0.25) is 0 Å². The van der Waals surface area contributed by atoms with Gasteiger partial charge in [0.1, 0.15) is 0 Å². The molecule has 0 spiro atoms. The van der Waals surface area contributed by atoms with Gasteiger partial charge >= 0.3 is 0 Å². The molecule has 0 unspecified atom stereocenters. The number of hydrogen-bond acceptors (Lipinski definition) is 3. The second kappa shape index (κ2) is 9.26. The Labute approximate surface area is 139 Å². The van der Waals surface area contributed by atoms with Crippen LogP contribution < -0.4 is 10.7 Å². The second-order valence-electron chi connectivity index (χ2n) is 6.23. The van der Waals surface area contributed by atoms with Crippen molar-refractivity contribution in [3.63, 3.8) is 0 Å². The van der Waals surface area contributed by atoms with E-state index in [1.54, 1.807) is 0 Å². The maximum atomic E-state index is 5.57. The Morgan fingerprint density at radius 3 is 2.95 bits per heavy atom. The number of allylic oxidation sites excluding steroid dienone is 2. The zero-order valence-corrected chi connectivity index (χ0v) is 14.7. The molecule has 0 aromatic rings. The van der Waals surface area contributed by atoms with E-state index in [9.17, 15) is 0 Å². The van der Waals surface area contributed by atoms with Gasteiger partial charge in [-0.3, -0.25) is 5.43 Å².